The van der Waals surface area contributed by atoms with Crippen LogP contribution in [-0.4, -0.2) is 41.0 Å². The third-order valence-corrected chi connectivity index (χ3v) is 5.03. The maximum Gasteiger partial charge on any atom is 0.332 e. The number of nitrogens with zero attached hydrogens (tertiary/aromatic N) is 6. The lowest BCUT2D eigenvalue weighted by Crippen LogP contribution is -2.37. The number of benzene rings is 1. The summed E-state index contributed by atoms with van der Waals surface area (Å²) in [5.74, 6) is -0.644. The van der Waals surface area contributed by atoms with Crippen LogP contribution in [0.3, 0.4) is 0 Å². The maximum atomic E-state index is 12.4. The number of imidazole rings is 1. The minimum Gasteiger partial charge on any atom is -0.462 e. The van der Waals surface area contributed by atoms with Crippen LogP contribution in [0.4, 0.5) is 0 Å². The zero-order valence-electron chi connectivity index (χ0n) is 17.5. The van der Waals surface area contributed by atoms with Crippen LogP contribution in [0.15, 0.2) is 63.2 Å². The van der Waals surface area contributed by atoms with Crippen molar-refractivity contribution >= 4 is 17.1 Å². The van der Waals surface area contributed by atoms with E-state index < -0.39 is 22.8 Å². The van der Waals surface area contributed by atoms with Gasteiger partial charge in [-0.15, -0.1) is 0 Å². The van der Waals surface area contributed by atoms with Crippen LogP contribution >= 0.6 is 0 Å². The molecule has 0 bridgehead atoms. The molecule has 4 aromatic rings. The lowest BCUT2D eigenvalue weighted by molar-refractivity contribution is -0.144. The van der Waals surface area contributed by atoms with Gasteiger partial charge in [0.05, 0.1) is 18.6 Å². The van der Waals surface area contributed by atoms with E-state index in [4.69, 9.17) is 4.74 Å². The standard InChI is InChI=1S/C21H20N6O5/c1-24-19-18(20(30)25(2)21(24)31)26(13-22-19)10-11-32-17(29)12-27-16(28)9-8-15(23-27)14-6-4-3-5-7-14/h3-9,13H,10-12H2,1-2H3. The number of aromatic nitrogens is 6. The molecule has 0 saturated carbocycles. The van der Waals surface area contributed by atoms with Gasteiger partial charge in [0, 0.05) is 25.7 Å². The van der Waals surface area contributed by atoms with E-state index in [2.05, 4.69) is 10.1 Å². The summed E-state index contributed by atoms with van der Waals surface area (Å²) in [6.45, 7) is -0.244. The fraction of sp³-hybridized carbons (Fsp3) is 0.238. The molecule has 0 unspecified atom stereocenters. The summed E-state index contributed by atoms with van der Waals surface area (Å²) in [5, 5.41) is 4.23. The maximum absolute atomic E-state index is 12.4. The zero-order valence-corrected chi connectivity index (χ0v) is 17.5. The van der Waals surface area contributed by atoms with Gasteiger partial charge in [-0.2, -0.15) is 5.10 Å². The predicted octanol–water partition coefficient (Wildman–Crippen LogP) is -0.0992. The highest BCUT2D eigenvalue weighted by Crippen LogP contribution is 2.14. The van der Waals surface area contributed by atoms with E-state index in [9.17, 15) is 19.2 Å². The quantitative estimate of drug-likeness (QED) is 0.387. The Labute approximate surface area is 180 Å². The molecular formula is C21H20N6O5. The Morgan fingerprint density at radius 1 is 1.00 bits per heavy atom. The van der Waals surface area contributed by atoms with E-state index >= 15 is 0 Å². The van der Waals surface area contributed by atoms with E-state index in [-0.39, 0.29) is 30.9 Å². The number of ether oxygens (including phenoxy) is 1. The third kappa shape index (κ3) is 3.87. The average molecular weight is 436 g/mol. The van der Waals surface area contributed by atoms with Gasteiger partial charge < -0.3 is 9.30 Å². The number of fused-ring (bicyclic) bond motifs is 1. The molecule has 3 aromatic heterocycles. The lowest BCUT2D eigenvalue weighted by Gasteiger charge is -2.09. The highest BCUT2D eigenvalue weighted by molar-refractivity contribution is 5.70. The molecule has 1 aromatic carbocycles. The summed E-state index contributed by atoms with van der Waals surface area (Å²) in [4.78, 5) is 52.9. The lowest BCUT2D eigenvalue weighted by atomic mass is 10.1. The van der Waals surface area contributed by atoms with E-state index in [1.165, 1.54) is 35.6 Å². The number of hydrogen-bond donors (Lipinski definition) is 0. The molecule has 0 aliphatic carbocycles. The summed E-state index contributed by atoms with van der Waals surface area (Å²) in [6, 6.07) is 12.2. The van der Waals surface area contributed by atoms with Crippen LogP contribution in [-0.2, 0) is 36.7 Å². The SMILES string of the molecule is Cn1c(=O)c2c(ncn2CCOC(=O)Cn2nc(-c3ccccc3)ccc2=O)n(C)c1=O. The first kappa shape index (κ1) is 21.0. The fourth-order valence-corrected chi connectivity index (χ4v) is 3.32. The van der Waals surface area contributed by atoms with Crippen molar-refractivity contribution in [3.63, 3.8) is 0 Å². The molecule has 11 heteroatoms. The van der Waals surface area contributed by atoms with Gasteiger partial charge in [0.25, 0.3) is 11.1 Å². The van der Waals surface area contributed by atoms with Crippen LogP contribution in [0.25, 0.3) is 22.4 Å². The van der Waals surface area contributed by atoms with Crippen LogP contribution in [0.5, 0.6) is 0 Å². The average Bonchev–Trinajstić information content (AvgIpc) is 3.22. The summed E-state index contributed by atoms with van der Waals surface area (Å²) in [7, 11) is 2.91. The van der Waals surface area contributed by atoms with Gasteiger partial charge in [0.1, 0.15) is 13.2 Å². The summed E-state index contributed by atoms with van der Waals surface area (Å²) >= 11 is 0. The van der Waals surface area contributed by atoms with Gasteiger partial charge in [0.15, 0.2) is 11.2 Å². The van der Waals surface area contributed by atoms with Crippen molar-refractivity contribution < 1.29 is 9.53 Å². The normalized spacial score (nSPS) is 11.1. The van der Waals surface area contributed by atoms with E-state index in [0.717, 1.165) is 14.8 Å². The minimum absolute atomic E-state index is 0.0522. The van der Waals surface area contributed by atoms with Gasteiger partial charge in [0.2, 0.25) is 0 Å². The Morgan fingerprint density at radius 3 is 2.50 bits per heavy atom. The predicted molar refractivity (Wildman–Crippen MR) is 115 cm³/mol. The molecule has 0 saturated heterocycles. The highest BCUT2D eigenvalue weighted by Gasteiger charge is 2.15. The van der Waals surface area contributed by atoms with Crippen molar-refractivity contribution in [1.29, 1.82) is 0 Å². The number of aryl methyl sites for hydroxylation is 1. The first-order valence-electron chi connectivity index (χ1n) is 9.77. The monoisotopic (exact) mass is 436 g/mol. The fourth-order valence-electron chi connectivity index (χ4n) is 3.32. The van der Waals surface area contributed by atoms with Crippen molar-refractivity contribution in [2.45, 2.75) is 13.1 Å². The van der Waals surface area contributed by atoms with Crippen molar-refractivity contribution in [1.82, 2.24) is 28.5 Å². The van der Waals surface area contributed by atoms with E-state index in [1.807, 2.05) is 30.3 Å². The van der Waals surface area contributed by atoms with Crippen molar-refractivity contribution in [3.05, 3.63) is 80.0 Å². The Hall–Kier alpha value is -4.28. The molecule has 0 spiro atoms. The summed E-state index contributed by atoms with van der Waals surface area (Å²) < 4.78 is 10.1. The van der Waals surface area contributed by atoms with Gasteiger partial charge in [-0.05, 0) is 6.07 Å². The largest absolute Gasteiger partial charge is 0.462 e. The van der Waals surface area contributed by atoms with Crippen LogP contribution < -0.4 is 16.8 Å². The van der Waals surface area contributed by atoms with Crippen LogP contribution in [0, 0.1) is 0 Å². The third-order valence-electron chi connectivity index (χ3n) is 5.03. The molecule has 11 nitrogen and oxygen atoms in total. The number of hydrogen-bond acceptors (Lipinski definition) is 7. The molecular weight excluding hydrogens is 416 g/mol. The number of esters is 1. The second-order valence-electron chi connectivity index (χ2n) is 7.12. The van der Waals surface area contributed by atoms with Crippen molar-refractivity contribution in [2.24, 2.45) is 14.1 Å². The van der Waals surface area contributed by atoms with E-state index in [0.29, 0.717) is 5.69 Å². The molecule has 0 amide bonds. The van der Waals surface area contributed by atoms with Crippen LogP contribution in [0.1, 0.15) is 0 Å². The molecule has 0 N–H and O–H groups in total. The first-order chi connectivity index (χ1) is 15.4. The van der Waals surface area contributed by atoms with Gasteiger partial charge in [-0.25, -0.2) is 14.5 Å². The molecule has 3 heterocycles. The molecule has 0 radical (unpaired) electrons. The smallest absolute Gasteiger partial charge is 0.332 e. The Bertz CT molecular complexity index is 1480. The molecule has 0 fully saturated rings. The second-order valence-corrected chi connectivity index (χ2v) is 7.12. The van der Waals surface area contributed by atoms with Crippen molar-refractivity contribution in [2.75, 3.05) is 6.61 Å². The number of rotatable bonds is 6. The van der Waals surface area contributed by atoms with Crippen LogP contribution in [0.2, 0.25) is 0 Å². The van der Waals surface area contributed by atoms with Gasteiger partial charge in [-0.3, -0.25) is 23.5 Å². The molecule has 32 heavy (non-hydrogen) atoms. The molecule has 0 aliphatic rings. The minimum atomic E-state index is -0.644. The van der Waals surface area contributed by atoms with E-state index in [1.54, 1.807) is 6.07 Å². The molecule has 0 aliphatic heterocycles. The Morgan fingerprint density at radius 2 is 1.75 bits per heavy atom. The number of carbonyl (C=O) groups is 1. The van der Waals surface area contributed by atoms with Gasteiger partial charge >= 0.3 is 11.7 Å². The summed E-state index contributed by atoms with van der Waals surface area (Å²) in [6.07, 6.45) is 1.41. The second kappa shape index (κ2) is 8.46. The summed E-state index contributed by atoms with van der Waals surface area (Å²) in [5.41, 5.74) is 0.473. The zero-order chi connectivity index (χ0) is 22.8. The topological polar surface area (TPSA) is 123 Å². The van der Waals surface area contributed by atoms with Gasteiger partial charge in [-0.1, -0.05) is 30.3 Å². The molecule has 4 rings (SSSR count). The Balaban J connectivity index is 1.45. The highest BCUT2D eigenvalue weighted by atomic mass is 16.5. The molecule has 164 valence electrons. The first-order valence-corrected chi connectivity index (χ1v) is 9.77. The number of carbonyl (C=O) groups excluding carboxylic acids is 1. The molecule has 0 atom stereocenters. The van der Waals surface area contributed by atoms with Crippen molar-refractivity contribution in [3.8, 4) is 11.3 Å². The Kier molecular flexibility index (Phi) is 5.54.